The lowest BCUT2D eigenvalue weighted by Gasteiger charge is -2.12. The monoisotopic (exact) mass is 1070 g/mol. The van der Waals surface area contributed by atoms with Gasteiger partial charge in [0.1, 0.15) is 55.3 Å². The number of nitrogens with two attached hydrogens (primary N) is 3. The minimum Gasteiger partial charge on any atom is -0.496 e. The summed E-state index contributed by atoms with van der Waals surface area (Å²) < 4.78 is 35.0. The van der Waals surface area contributed by atoms with Gasteiger partial charge in [0.05, 0.1) is 30.4 Å². The highest BCUT2D eigenvalue weighted by Crippen LogP contribution is 2.39. The molecule has 0 radical (unpaired) electrons. The van der Waals surface area contributed by atoms with Crippen LogP contribution in [0.15, 0.2) is 155 Å². The number of nitrogen functional groups attached to an aromatic ring is 3. The number of hydrogen-bond acceptors (Lipinski definition) is 18. The Morgan fingerprint density at radius 3 is 1.66 bits per heavy atom. The Kier molecular flexibility index (Phi) is 15.0. The zero-order valence-corrected chi connectivity index (χ0v) is 43.9. The second kappa shape index (κ2) is 22.5. The standard InChI is InChI=1S/C20H18FN3O3S.C19H16N4OS.C18H15N3OS/c1-10(21)13-7-8-15(27-13)19-23-18(22)12-9-16(28-20(12)24-19)17(25)11-5-3-4-6-14(11)26-2;1-24-16-10-13(7-8-21-16)18-22-17(20)15-11-14(25-19(15)23-18)9-12-5-3-2-4-6-12;1-11-7-8-15(22-11)17-20-16(19)14-10-13(23-18(14)21-17)9-12-5-3-2-4-6-12/h3-10,17,25H,1-2H3,(H2,22,23,24);2-8,10-11H,9H2,1H3,(H2,20,22,23);2-8,10H,9H2,1H3,(H2,19,20,21). The van der Waals surface area contributed by atoms with Crippen LogP contribution in [0.4, 0.5) is 21.8 Å². The van der Waals surface area contributed by atoms with E-state index in [9.17, 15) is 9.50 Å². The normalized spacial score (nSPS) is 12.0. The van der Waals surface area contributed by atoms with Gasteiger partial charge in [-0.05, 0) is 79.6 Å². The van der Waals surface area contributed by atoms with Crippen molar-refractivity contribution in [1.82, 2.24) is 34.9 Å². The van der Waals surface area contributed by atoms with Crippen LogP contribution in [0, 0.1) is 6.92 Å². The maximum absolute atomic E-state index is 13.4. The first-order valence-corrected chi connectivity index (χ1v) is 26.2. The molecule has 0 amide bonds. The maximum Gasteiger partial charge on any atom is 0.213 e. The van der Waals surface area contributed by atoms with E-state index in [1.54, 1.807) is 79.5 Å². The van der Waals surface area contributed by atoms with E-state index >= 15 is 0 Å². The fourth-order valence-corrected chi connectivity index (χ4v) is 11.3. The molecule has 15 nitrogen and oxygen atoms in total. The van der Waals surface area contributed by atoms with Crippen LogP contribution in [0.3, 0.4) is 0 Å². The van der Waals surface area contributed by atoms with Gasteiger partial charge in [-0.1, -0.05) is 78.9 Å². The number of halogens is 1. The number of ether oxygens (including phenoxy) is 2. The lowest BCUT2D eigenvalue weighted by molar-refractivity contribution is 0.218. The third kappa shape index (κ3) is 11.4. The molecule has 0 aliphatic rings. The van der Waals surface area contributed by atoms with E-state index < -0.39 is 12.3 Å². The Bertz CT molecular complexity index is 3950. The number of pyridine rings is 1. The number of furan rings is 2. The maximum atomic E-state index is 13.4. The second-order valence-electron chi connectivity index (χ2n) is 17.3. The molecule has 0 fully saturated rings. The molecule has 2 atom stereocenters. The van der Waals surface area contributed by atoms with E-state index in [-0.39, 0.29) is 17.4 Å². The Morgan fingerprint density at radius 1 is 0.579 bits per heavy atom. The average molecular weight is 1070 g/mol. The molecule has 76 heavy (non-hydrogen) atoms. The van der Waals surface area contributed by atoms with Crippen LogP contribution >= 0.6 is 34.0 Å². The smallest absolute Gasteiger partial charge is 0.213 e. The zero-order valence-electron chi connectivity index (χ0n) is 41.5. The van der Waals surface area contributed by atoms with Crippen molar-refractivity contribution in [2.45, 2.75) is 39.0 Å². The largest absolute Gasteiger partial charge is 0.496 e. The number of thiophene rings is 3. The summed E-state index contributed by atoms with van der Waals surface area (Å²) in [6.07, 6.45) is 1.30. The number of aliphatic hydroxyl groups excluding tert-OH is 1. The number of fused-ring (bicyclic) bond motifs is 3. The Balaban J connectivity index is 0.000000130. The van der Waals surface area contributed by atoms with Crippen molar-refractivity contribution in [3.8, 4) is 46.2 Å². The quantitative estimate of drug-likeness (QED) is 0.0891. The first-order valence-electron chi connectivity index (χ1n) is 23.8. The summed E-state index contributed by atoms with van der Waals surface area (Å²) in [5.41, 5.74) is 22.4. The first kappa shape index (κ1) is 50.9. The summed E-state index contributed by atoms with van der Waals surface area (Å²) >= 11 is 4.60. The lowest BCUT2D eigenvalue weighted by atomic mass is 10.1. The SMILES string of the molecule is COc1cc(-c2nc(N)c3cc(Cc4ccccc4)sc3n2)ccn1.COc1ccccc1C(O)c1cc2c(N)nc(-c3ccc(C(C)F)o3)nc2s1.Cc1ccc(-c2nc(N)c3cc(Cc4ccccc4)sc3n2)o1. The first-order chi connectivity index (χ1) is 36.9. The van der Waals surface area contributed by atoms with Crippen molar-refractivity contribution in [2.24, 2.45) is 0 Å². The second-order valence-corrected chi connectivity index (χ2v) is 20.6. The molecule has 0 spiro atoms. The summed E-state index contributed by atoms with van der Waals surface area (Å²) in [5, 5.41) is 13.3. The van der Waals surface area contributed by atoms with Gasteiger partial charge in [0.2, 0.25) is 5.88 Å². The topological polar surface area (TPSA) is 233 Å². The predicted octanol–water partition coefficient (Wildman–Crippen LogP) is 13.0. The highest BCUT2D eigenvalue weighted by molar-refractivity contribution is 7.19. The Morgan fingerprint density at radius 2 is 1.11 bits per heavy atom. The third-order valence-electron chi connectivity index (χ3n) is 11.9. The Hall–Kier alpha value is -8.62. The van der Waals surface area contributed by atoms with Gasteiger partial charge in [0.15, 0.2) is 35.2 Å². The molecular weight excluding hydrogens is 1020 g/mol. The predicted molar refractivity (Wildman–Crippen MR) is 300 cm³/mol. The van der Waals surface area contributed by atoms with Crippen molar-refractivity contribution >= 4 is 82.1 Å². The molecule has 0 aliphatic heterocycles. The third-order valence-corrected chi connectivity index (χ3v) is 15.1. The number of para-hydroxylation sites is 1. The summed E-state index contributed by atoms with van der Waals surface area (Å²) in [5.74, 6) is 5.79. The van der Waals surface area contributed by atoms with Gasteiger partial charge in [-0.25, -0.2) is 39.3 Å². The highest BCUT2D eigenvalue weighted by atomic mass is 32.1. The van der Waals surface area contributed by atoms with E-state index in [1.165, 1.54) is 39.1 Å². The average Bonchev–Trinajstić information content (AvgIpc) is 4.31. The molecule has 9 heterocycles. The van der Waals surface area contributed by atoms with Crippen molar-refractivity contribution in [2.75, 3.05) is 31.4 Å². The Labute approximate surface area is 447 Å². The van der Waals surface area contributed by atoms with Gasteiger partial charge in [0.25, 0.3) is 0 Å². The molecule has 3 aromatic carbocycles. The molecule has 12 aromatic rings. The number of hydrogen-bond donors (Lipinski definition) is 4. The number of alkyl halides is 1. The molecule has 382 valence electrons. The molecule has 0 saturated heterocycles. The van der Waals surface area contributed by atoms with E-state index in [2.05, 4.69) is 71.3 Å². The number of rotatable bonds is 12. The number of nitrogens with zero attached hydrogens (tertiary/aromatic N) is 7. The summed E-state index contributed by atoms with van der Waals surface area (Å²) in [4.78, 5) is 36.5. The van der Waals surface area contributed by atoms with E-state index in [0.29, 0.717) is 67.1 Å². The van der Waals surface area contributed by atoms with Gasteiger partial charge in [0, 0.05) is 50.9 Å². The lowest BCUT2D eigenvalue weighted by Crippen LogP contribution is -2.00. The number of methoxy groups -OCH3 is 2. The molecule has 9 aromatic heterocycles. The minimum atomic E-state index is -1.22. The number of aliphatic hydroxyl groups is 1. The van der Waals surface area contributed by atoms with E-state index in [0.717, 1.165) is 44.6 Å². The van der Waals surface area contributed by atoms with Gasteiger partial charge >= 0.3 is 0 Å². The van der Waals surface area contributed by atoms with Crippen molar-refractivity contribution in [3.63, 3.8) is 0 Å². The number of aromatic nitrogens is 7. The number of benzene rings is 3. The number of aryl methyl sites for hydroxylation is 1. The number of anilines is 3. The fourth-order valence-electron chi connectivity index (χ4n) is 8.15. The van der Waals surface area contributed by atoms with Crippen LogP contribution in [-0.2, 0) is 12.8 Å². The van der Waals surface area contributed by atoms with Gasteiger partial charge in [-0.2, -0.15) is 0 Å². The zero-order chi connectivity index (χ0) is 52.9. The fraction of sp³-hybridized carbons (Fsp3) is 0.140. The van der Waals surface area contributed by atoms with Crippen LogP contribution in [0.5, 0.6) is 11.6 Å². The van der Waals surface area contributed by atoms with Gasteiger partial charge in [-0.3, -0.25) is 0 Å². The van der Waals surface area contributed by atoms with Crippen molar-refractivity contribution < 1.29 is 27.8 Å². The van der Waals surface area contributed by atoms with Crippen LogP contribution in [-0.4, -0.2) is 54.2 Å². The van der Waals surface area contributed by atoms with Crippen LogP contribution in [0.2, 0.25) is 0 Å². The molecule has 0 aliphatic carbocycles. The molecule has 12 rings (SSSR count). The minimum absolute atomic E-state index is 0.204. The van der Waals surface area contributed by atoms with Crippen LogP contribution in [0.25, 0.3) is 65.2 Å². The summed E-state index contributed by atoms with van der Waals surface area (Å²) in [6.45, 7) is 3.29. The van der Waals surface area contributed by atoms with Gasteiger partial charge in [-0.15, -0.1) is 34.0 Å². The van der Waals surface area contributed by atoms with Crippen LogP contribution < -0.4 is 26.7 Å². The highest BCUT2D eigenvalue weighted by Gasteiger charge is 2.22. The van der Waals surface area contributed by atoms with E-state index in [4.69, 9.17) is 35.5 Å². The summed E-state index contributed by atoms with van der Waals surface area (Å²) in [6, 6.07) is 44.5. The van der Waals surface area contributed by atoms with Gasteiger partial charge < -0.3 is 40.6 Å². The van der Waals surface area contributed by atoms with Crippen molar-refractivity contribution in [3.05, 3.63) is 189 Å². The van der Waals surface area contributed by atoms with E-state index in [1.807, 2.05) is 73.7 Å². The van der Waals surface area contributed by atoms with Crippen molar-refractivity contribution in [1.29, 1.82) is 0 Å². The molecule has 0 bridgehead atoms. The molecular formula is C57H49FN10O5S3. The summed E-state index contributed by atoms with van der Waals surface area (Å²) in [7, 11) is 3.14. The van der Waals surface area contributed by atoms with Crippen LogP contribution in [0.1, 0.15) is 62.0 Å². The molecule has 7 N–H and O–H groups in total. The molecule has 19 heteroatoms. The molecule has 0 saturated carbocycles. The molecule has 2 unspecified atom stereocenters.